The highest BCUT2D eigenvalue weighted by Gasteiger charge is 2.61. The van der Waals surface area contributed by atoms with E-state index < -0.39 is 0 Å². The van der Waals surface area contributed by atoms with E-state index in [-0.39, 0.29) is 23.8 Å². The first kappa shape index (κ1) is 18.0. The minimum absolute atomic E-state index is 0.216. The standard InChI is InChI=1S/C24H28O4/c1-13(25)27-11-21-19-9-10-20(22(21)12-28-14(2)26)24-18-8-7-17(23(19)24)15-5-3-4-6-16(15)18/h3-10,15-24H,11-12H2,1-2H3/t15-,16+,17-,18+,19+,20-,21-,22-,23+,24-/m1/s1. The predicted molar refractivity (Wildman–Crippen MR) is 105 cm³/mol. The molecule has 0 aliphatic heterocycles. The highest BCUT2D eigenvalue weighted by Crippen LogP contribution is 2.65. The van der Waals surface area contributed by atoms with Gasteiger partial charge < -0.3 is 9.47 Å². The number of carbonyl (C=O) groups excluding carboxylic acids is 2. The Morgan fingerprint density at radius 1 is 0.607 bits per heavy atom. The monoisotopic (exact) mass is 380 g/mol. The van der Waals surface area contributed by atoms with Crippen molar-refractivity contribution in [3.05, 3.63) is 48.6 Å². The van der Waals surface area contributed by atoms with Crippen LogP contribution in [0.2, 0.25) is 0 Å². The lowest BCUT2D eigenvalue weighted by Gasteiger charge is -2.64. The first-order chi connectivity index (χ1) is 13.6. The predicted octanol–water partition coefficient (Wildman–Crippen LogP) is 3.57. The summed E-state index contributed by atoms with van der Waals surface area (Å²) in [5.74, 6) is 4.08. The van der Waals surface area contributed by atoms with Gasteiger partial charge in [-0.25, -0.2) is 0 Å². The van der Waals surface area contributed by atoms with E-state index in [0.29, 0.717) is 60.6 Å². The highest BCUT2D eigenvalue weighted by atomic mass is 16.5. The topological polar surface area (TPSA) is 52.6 Å². The lowest BCUT2D eigenvalue weighted by molar-refractivity contribution is -0.160. The van der Waals surface area contributed by atoms with Gasteiger partial charge in [0.25, 0.3) is 0 Å². The second kappa shape index (κ2) is 6.75. The van der Waals surface area contributed by atoms with Crippen LogP contribution in [0, 0.1) is 59.2 Å². The molecule has 0 unspecified atom stereocenters. The summed E-state index contributed by atoms with van der Waals surface area (Å²) in [4.78, 5) is 23.0. The summed E-state index contributed by atoms with van der Waals surface area (Å²) in [6.45, 7) is 3.77. The van der Waals surface area contributed by atoms with Crippen LogP contribution in [0.15, 0.2) is 48.6 Å². The molecule has 0 amide bonds. The van der Waals surface area contributed by atoms with Crippen molar-refractivity contribution in [1.29, 1.82) is 0 Å². The van der Waals surface area contributed by atoms with Crippen LogP contribution in [0.25, 0.3) is 0 Å². The van der Waals surface area contributed by atoms with Gasteiger partial charge in [0.2, 0.25) is 0 Å². The largest absolute Gasteiger partial charge is 0.466 e. The summed E-state index contributed by atoms with van der Waals surface area (Å²) in [5, 5.41) is 0. The number of allylic oxidation sites excluding steroid dienone is 8. The van der Waals surface area contributed by atoms with Gasteiger partial charge in [0.15, 0.2) is 0 Å². The molecular formula is C24H28O4. The summed E-state index contributed by atoms with van der Waals surface area (Å²) in [6, 6.07) is 0. The maximum atomic E-state index is 11.5. The number of rotatable bonds is 4. The molecule has 0 radical (unpaired) electrons. The van der Waals surface area contributed by atoms with Crippen molar-refractivity contribution in [2.24, 2.45) is 59.2 Å². The van der Waals surface area contributed by atoms with Gasteiger partial charge in [-0.2, -0.15) is 0 Å². The Balaban J connectivity index is 1.49. The van der Waals surface area contributed by atoms with E-state index in [1.165, 1.54) is 13.8 Å². The number of esters is 2. The number of carbonyl (C=O) groups is 2. The minimum Gasteiger partial charge on any atom is -0.466 e. The van der Waals surface area contributed by atoms with Gasteiger partial charge in [-0.1, -0.05) is 48.6 Å². The summed E-state index contributed by atoms with van der Waals surface area (Å²) < 4.78 is 11.0. The van der Waals surface area contributed by atoms with E-state index in [4.69, 9.17) is 9.47 Å². The van der Waals surface area contributed by atoms with Crippen molar-refractivity contribution in [3.8, 4) is 0 Å². The van der Waals surface area contributed by atoms with Crippen molar-refractivity contribution < 1.29 is 19.1 Å². The molecule has 4 bridgehead atoms. The Bertz CT molecular complexity index is 726. The number of fused-ring (bicyclic) bond motifs is 1. The van der Waals surface area contributed by atoms with Crippen LogP contribution in [-0.4, -0.2) is 25.2 Å². The van der Waals surface area contributed by atoms with Crippen molar-refractivity contribution in [3.63, 3.8) is 0 Å². The quantitative estimate of drug-likeness (QED) is 0.553. The zero-order chi connectivity index (χ0) is 19.4. The average Bonchev–Trinajstić information content (AvgIpc) is 2.71. The second-order valence-corrected chi connectivity index (χ2v) is 9.09. The van der Waals surface area contributed by atoms with Gasteiger partial charge in [-0.3, -0.25) is 9.59 Å². The van der Waals surface area contributed by atoms with Crippen LogP contribution >= 0.6 is 0 Å². The second-order valence-electron chi connectivity index (χ2n) is 9.09. The maximum Gasteiger partial charge on any atom is 0.302 e. The Morgan fingerprint density at radius 3 is 1.39 bits per heavy atom. The van der Waals surface area contributed by atoms with Crippen molar-refractivity contribution in [2.75, 3.05) is 13.2 Å². The molecule has 7 aliphatic carbocycles. The zero-order valence-electron chi connectivity index (χ0n) is 16.4. The van der Waals surface area contributed by atoms with Crippen molar-refractivity contribution >= 4 is 11.9 Å². The van der Waals surface area contributed by atoms with Crippen LogP contribution in [0.3, 0.4) is 0 Å². The van der Waals surface area contributed by atoms with Gasteiger partial charge in [0.1, 0.15) is 0 Å². The molecule has 2 saturated carbocycles. The molecule has 148 valence electrons. The van der Waals surface area contributed by atoms with E-state index in [9.17, 15) is 9.59 Å². The summed E-state index contributed by atoms with van der Waals surface area (Å²) in [5.41, 5.74) is 0. The molecule has 7 rings (SSSR count). The lowest BCUT2D eigenvalue weighted by Crippen LogP contribution is -2.61. The smallest absolute Gasteiger partial charge is 0.302 e. The molecule has 7 aliphatic rings. The van der Waals surface area contributed by atoms with Crippen LogP contribution in [0.4, 0.5) is 0 Å². The number of ether oxygens (including phenoxy) is 2. The first-order valence-corrected chi connectivity index (χ1v) is 10.5. The first-order valence-electron chi connectivity index (χ1n) is 10.5. The zero-order valence-corrected chi connectivity index (χ0v) is 16.4. The molecule has 2 fully saturated rings. The molecule has 0 saturated heterocycles. The number of hydrogen-bond acceptors (Lipinski definition) is 4. The fraction of sp³-hybridized carbons (Fsp3) is 0.583. The Morgan fingerprint density at radius 2 is 1.00 bits per heavy atom. The SMILES string of the molecule is CC(=O)OC[C@@H]1[C@H]2C=C[C@@H]([C@H]1COC(C)=O)[C@@H]1[C@@H]3C=C[C@@H]([C@H]4C=CC=C[C@H]43)[C@H]21. The van der Waals surface area contributed by atoms with Crippen LogP contribution in [0.5, 0.6) is 0 Å². The summed E-state index contributed by atoms with van der Waals surface area (Å²) in [7, 11) is 0. The molecule has 4 nitrogen and oxygen atoms in total. The fourth-order valence-corrected chi connectivity index (χ4v) is 7.07. The normalized spacial score (nSPS) is 46.2. The van der Waals surface area contributed by atoms with Gasteiger partial charge in [-0.05, 0) is 47.3 Å². The third-order valence-electron chi connectivity index (χ3n) is 7.94. The molecule has 0 spiro atoms. The van der Waals surface area contributed by atoms with Gasteiger partial charge in [0, 0.05) is 25.7 Å². The van der Waals surface area contributed by atoms with Crippen LogP contribution < -0.4 is 0 Å². The van der Waals surface area contributed by atoms with Gasteiger partial charge >= 0.3 is 11.9 Å². The maximum absolute atomic E-state index is 11.5. The molecule has 0 N–H and O–H groups in total. The minimum atomic E-state index is -0.237. The summed E-state index contributed by atoms with van der Waals surface area (Å²) >= 11 is 0. The summed E-state index contributed by atoms with van der Waals surface area (Å²) in [6.07, 6.45) is 18.8. The molecule has 0 heterocycles. The Labute approximate surface area is 166 Å². The van der Waals surface area contributed by atoms with Gasteiger partial charge in [0.05, 0.1) is 13.2 Å². The Kier molecular flexibility index (Phi) is 4.33. The highest BCUT2D eigenvalue weighted by molar-refractivity contribution is 5.66. The molecule has 28 heavy (non-hydrogen) atoms. The molecule has 0 aromatic carbocycles. The van der Waals surface area contributed by atoms with Crippen molar-refractivity contribution in [1.82, 2.24) is 0 Å². The lowest BCUT2D eigenvalue weighted by atomic mass is 9.40. The van der Waals surface area contributed by atoms with Crippen LogP contribution in [0.1, 0.15) is 13.8 Å². The molecule has 0 aromatic rings. The van der Waals surface area contributed by atoms with Crippen molar-refractivity contribution in [2.45, 2.75) is 13.8 Å². The molecule has 10 atom stereocenters. The van der Waals surface area contributed by atoms with E-state index in [2.05, 4.69) is 48.6 Å². The van der Waals surface area contributed by atoms with E-state index in [1.54, 1.807) is 0 Å². The van der Waals surface area contributed by atoms with Gasteiger partial charge in [-0.15, -0.1) is 0 Å². The Hall–Kier alpha value is -2.10. The van der Waals surface area contributed by atoms with Crippen LogP contribution in [-0.2, 0) is 19.1 Å². The average molecular weight is 380 g/mol. The third-order valence-corrected chi connectivity index (χ3v) is 7.94. The van der Waals surface area contributed by atoms with E-state index in [0.717, 1.165) is 0 Å². The van der Waals surface area contributed by atoms with E-state index >= 15 is 0 Å². The molecule has 0 aromatic heterocycles. The molecule has 4 heteroatoms. The van der Waals surface area contributed by atoms with E-state index in [1.807, 2.05) is 0 Å². The fourth-order valence-electron chi connectivity index (χ4n) is 7.07. The third kappa shape index (κ3) is 2.64. The number of hydrogen-bond donors (Lipinski definition) is 0. The molecular weight excluding hydrogens is 352 g/mol.